The Hall–Kier alpha value is -1.57. The lowest BCUT2D eigenvalue weighted by atomic mass is 9.98. The van der Waals surface area contributed by atoms with Crippen LogP contribution in [0.15, 0.2) is 23.8 Å². The average molecular weight is 246 g/mol. The maximum atomic E-state index is 12.2. The van der Waals surface area contributed by atoms with E-state index in [0.717, 1.165) is 35.3 Å². The summed E-state index contributed by atoms with van der Waals surface area (Å²) < 4.78 is 5.26. The lowest BCUT2D eigenvalue weighted by Gasteiger charge is -2.10. The summed E-state index contributed by atoms with van der Waals surface area (Å²) in [6.45, 7) is 8.06. The Morgan fingerprint density at radius 3 is 2.28 bits per heavy atom. The van der Waals surface area contributed by atoms with Crippen molar-refractivity contribution in [2.24, 2.45) is 0 Å². The summed E-state index contributed by atoms with van der Waals surface area (Å²) in [6.07, 6.45) is 3.63. The zero-order chi connectivity index (χ0) is 13.7. The Morgan fingerprint density at radius 1 is 1.17 bits per heavy atom. The van der Waals surface area contributed by atoms with E-state index >= 15 is 0 Å². The van der Waals surface area contributed by atoms with Crippen LogP contribution < -0.4 is 4.74 Å². The lowest BCUT2D eigenvalue weighted by molar-refractivity contribution is 0.104. The molecule has 0 aliphatic heterocycles. The van der Waals surface area contributed by atoms with E-state index in [1.54, 1.807) is 13.2 Å². The number of aryl methyl sites for hydroxylation is 2. The smallest absolute Gasteiger partial charge is 0.186 e. The third kappa shape index (κ3) is 3.22. The minimum atomic E-state index is 0.0944. The highest BCUT2D eigenvalue weighted by Crippen LogP contribution is 2.23. The van der Waals surface area contributed by atoms with Gasteiger partial charge in [-0.3, -0.25) is 4.79 Å². The molecule has 0 saturated heterocycles. The van der Waals surface area contributed by atoms with Crippen molar-refractivity contribution in [3.8, 4) is 5.75 Å². The Bertz CT molecular complexity index is 464. The molecule has 0 spiro atoms. The summed E-state index contributed by atoms with van der Waals surface area (Å²) in [5.41, 5.74) is 3.92. The fourth-order valence-electron chi connectivity index (χ4n) is 1.99. The standard InChI is InChI=1S/C16H22O2/c1-6-13(7-2)10-15(17)14-8-12(4)16(18-5)9-11(14)3/h8-10H,6-7H2,1-5H3. The van der Waals surface area contributed by atoms with Gasteiger partial charge in [-0.1, -0.05) is 19.4 Å². The molecule has 0 aliphatic rings. The number of hydrogen-bond acceptors (Lipinski definition) is 2. The van der Waals surface area contributed by atoms with Crippen LogP contribution in [0.25, 0.3) is 0 Å². The summed E-state index contributed by atoms with van der Waals surface area (Å²) in [7, 11) is 1.65. The number of hydrogen-bond donors (Lipinski definition) is 0. The van der Waals surface area contributed by atoms with Crippen LogP contribution in [-0.2, 0) is 0 Å². The van der Waals surface area contributed by atoms with Gasteiger partial charge in [0, 0.05) is 5.56 Å². The number of ketones is 1. The van der Waals surface area contributed by atoms with E-state index in [-0.39, 0.29) is 5.78 Å². The van der Waals surface area contributed by atoms with Crippen molar-refractivity contribution in [2.75, 3.05) is 7.11 Å². The maximum absolute atomic E-state index is 12.2. The summed E-state index contributed by atoms with van der Waals surface area (Å²) in [6, 6.07) is 3.84. The summed E-state index contributed by atoms with van der Waals surface area (Å²) >= 11 is 0. The van der Waals surface area contributed by atoms with E-state index in [1.165, 1.54) is 5.57 Å². The van der Waals surface area contributed by atoms with E-state index in [4.69, 9.17) is 4.74 Å². The predicted molar refractivity (Wildman–Crippen MR) is 75.5 cm³/mol. The Balaban J connectivity index is 3.14. The van der Waals surface area contributed by atoms with Crippen LogP contribution in [0, 0.1) is 13.8 Å². The van der Waals surface area contributed by atoms with Crippen molar-refractivity contribution < 1.29 is 9.53 Å². The van der Waals surface area contributed by atoms with Gasteiger partial charge in [0.1, 0.15) is 5.75 Å². The van der Waals surface area contributed by atoms with Gasteiger partial charge in [-0.15, -0.1) is 0 Å². The van der Waals surface area contributed by atoms with Crippen LogP contribution in [0.4, 0.5) is 0 Å². The van der Waals surface area contributed by atoms with Gasteiger partial charge in [0.15, 0.2) is 5.78 Å². The first-order valence-electron chi connectivity index (χ1n) is 6.42. The molecule has 1 rings (SSSR count). The van der Waals surface area contributed by atoms with Gasteiger partial charge in [-0.2, -0.15) is 0 Å². The van der Waals surface area contributed by atoms with Crippen LogP contribution in [0.5, 0.6) is 5.75 Å². The maximum Gasteiger partial charge on any atom is 0.186 e. The molecule has 0 radical (unpaired) electrons. The van der Waals surface area contributed by atoms with E-state index < -0.39 is 0 Å². The first-order valence-corrected chi connectivity index (χ1v) is 6.42. The van der Waals surface area contributed by atoms with Crippen molar-refractivity contribution in [3.05, 3.63) is 40.5 Å². The van der Waals surface area contributed by atoms with Gasteiger partial charge in [-0.25, -0.2) is 0 Å². The van der Waals surface area contributed by atoms with E-state index in [2.05, 4.69) is 13.8 Å². The summed E-state index contributed by atoms with van der Waals surface area (Å²) in [5, 5.41) is 0. The first-order chi connectivity index (χ1) is 8.53. The average Bonchev–Trinajstić information content (AvgIpc) is 2.37. The number of methoxy groups -OCH3 is 1. The molecule has 98 valence electrons. The third-order valence-electron chi connectivity index (χ3n) is 3.25. The van der Waals surface area contributed by atoms with Crippen LogP contribution >= 0.6 is 0 Å². The Labute approximate surface area is 110 Å². The number of carbonyl (C=O) groups is 1. The minimum absolute atomic E-state index is 0.0944. The Kier molecular flexibility index (Phi) is 5.14. The zero-order valence-electron chi connectivity index (χ0n) is 12.0. The highest BCUT2D eigenvalue weighted by Gasteiger charge is 2.10. The molecule has 0 atom stereocenters. The number of allylic oxidation sites excluding steroid dienone is 2. The monoisotopic (exact) mass is 246 g/mol. The van der Waals surface area contributed by atoms with E-state index in [1.807, 2.05) is 26.0 Å². The molecule has 0 unspecified atom stereocenters. The molecule has 0 aromatic heterocycles. The van der Waals surface area contributed by atoms with Crippen LogP contribution in [0.3, 0.4) is 0 Å². The number of carbonyl (C=O) groups excluding carboxylic acids is 1. The molecule has 2 heteroatoms. The molecule has 0 saturated carbocycles. The quantitative estimate of drug-likeness (QED) is 0.573. The van der Waals surface area contributed by atoms with Crippen LogP contribution in [-0.4, -0.2) is 12.9 Å². The highest BCUT2D eigenvalue weighted by molar-refractivity contribution is 6.06. The molecule has 2 nitrogen and oxygen atoms in total. The van der Waals surface area contributed by atoms with Crippen LogP contribution in [0.1, 0.15) is 48.2 Å². The molecule has 0 amide bonds. The van der Waals surface area contributed by atoms with Gasteiger partial charge in [0.2, 0.25) is 0 Å². The summed E-state index contributed by atoms with van der Waals surface area (Å²) in [5.74, 6) is 0.927. The Morgan fingerprint density at radius 2 is 1.78 bits per heavy atom. The zero-order valence-corrected chi connectivity index (χ0v) is 12.0. The second-order valence-corrected chi connectivity index (χ2v) is 4.51. The number of rotatable bonds is 5. The van der Waals surface area contributed by atoms with Gasteiger partial charge < -0.3 is 4.74 Å². The predicted octanol–water partition coefficient (Wildman–Crippen LogP) is 4.24. The summed E-state index contributed by atoms with van der Waals surface area (Å²) in [4.78, 5) is 12.2. The molecule has 0 aliphatic carbocycles. The van der Waals surface area contributed by atoms with E-state index in [0.29, 0.717) is 0 Å². The molecule has 1 aromatic carbocycles. The van der Waals surface area contributed by atoms with Gasteiger partial charge in [0.25, 0.3) is 0 Å². The van der Waals surface area contributed by atoms with Crippen molar-refractivity contribution in [3.63, 3.8) is 0 Å². The second kappa shape index (κ2) is 6.39. The molecule has 1 aromatic rings. The first kappa shape index (κ1) is 14.5. The fourth-order valence-corrected chi connectivity index (χ4v) is 1.99. The largest absolute Gasteiger partial charge is 0.496 e. The minimum Gasteiger partial charge on any atom is -0.496 e. The number of ether oxygens (including phenoxy) is 1. The van der Waals surface area contributed by atoms with Gasteiger partial charge in [-0.05, 0) is 56.0 Å². The van der Waals surface area contributed by atoms with Crippen LogP contribution in [0.2, 0.25) is 0 Å². The molecular weight excluding hydrogens is 224 g/mol. The van der Waals surface area contributed by atoms with Crippen molar-refractivity contribution >= 4 is 5.78 Å². The second-order valence-electron chi connectivity index (χ2n) is 4.51. The van der Waals surface area contributed by atoms with Crippen molar-refractivity contribution in [1.82, 2.24) is 0 Å². The topological polar surface area (TPSA) is 26.3 Å². The highest BCUT2D eigenvalue weighted by atomic mass is 16.5. The molecular formula is C16H22O2. The normalized spacial score (nSPS) is 10.1. The molecule has 0 bridgehead atoms. The molecule has 0 N–H and O–H groups in total. The van der Waals surface area contributed by atoms with Crippen molar-refractivity contribution in [1.29, 1.82) is 0 Å². The SMILES string of the molecule is CCC(=CC(=O)c1cc(C)c(OC)cc1C)CC. The van der Waals surface area contributed by atoms with E-state index in [9.17, 15) is 4.79 Å². The lowest BCUT2D eigenvalue weighted by Crippen LogP contribution is -2.01. The van der Waals surface area contributed by atoms with Crippen molar-refractivity contribution in [2.45, 2.75) is 40.5 Å². The molecule has 0 fully saturated rings. The molecule has 18 heavy (non-hydrogen) atoms. The fraction of sp³-hybridized carbons (Fsp3) is 0.438. The number of benzene rings is 1. The third-order valence-corrected chi connectivity index (χ3v) is 3.25. The van der Waals surface area contributed by atoms with Gasteiger partial charge in [0.05, 0.1) is 7.11 Å². The van der Waals surface area contributed by atoms with Gasteiger partial charge >= 0.3 is 0 Å². The molecule has 0 heterocycles.